The number of rotatable bonds is 7. The zero-order chi connectivity index (χ0) is 13.5. The van der Waals surface area contributed by atoms with Crippen LogP contribution in [-0.4, -0.2) is 42.1 Å². The van der Waals surface area contributed by atoms with Crippen LogP contribution < -0.4 is 16.0 Å². The van der Waals surface area contributed by atoms with Gasteiger partial charge >= 0.3 is 0 Å². The molecule has 6 heteroatoms. The Morgan fingerprint density at radius 3 is 2.61 bits per heavy atom. The fourth-order valence-electron chi connectivity index (χ4n) is 1.53. The molecule has 1 aromatic heterocycles. The topological polar surface area (TPSA) is 76.3 Å². The van der Waals surface area contributed by atoms with Crippen LogP contribution in [0, 0.1) is 6.92 Å². The van der Waals surface area contributed by atoms with Crippen LogP contribution in [0.5, 0.6) is 5.88 Å². The van der Waals surface area contributed by atoms with Crippen molar-refractivity contribution in [2.75, 3.05) is 32.7 Å². The van der Waals surface area contributed by atoms with Crippen molar-refractivity contribution in [3.63, 3.8) is 0 Å². The summed E-state index contributed by atoms with van der Waals surface area (Å²) in [7, 11) is 4.09. The summed E-state index contributed by atoms with van der Waals surface area (Å²) in [6.07, 6.45) is 1.71. The zero-order valence-electron chi connectivity index (χ0n) is 11.7. The van der Waals surface area contributed by atoms with Crippen LogP contribution in [0.3, 0.4) is 0 Å². The summed E-state index contributed by atoms with van der Waals surface area (Å²) in [6, 6.07) is 0. The van der Waals surface area contributed by atoms with E-state index < -0.39 is 0 Å². The number of nitrogen functional groups attached to an aromatic ring is 1. The minimum atomic E-state index is 0.619. The molecule has 0 unspecified atom stereocenters. The van der Waals surface area contributed by atoms with Crippen molar-refractivity contribution in [3.05, 3.63) is 11.4 Å². The number of hydrogen-bond donors (Lipinski definition) is 2. The first-order valence-corrected chi connectivity index (χ1v) is 6.20. The minimum Gasteiger partial charge on any atom is -0.477 e. The summed E-state index contributed by atoms with van der Waals surface area (Å²) in [5, 5.41) is 0. The number of nitrogens with two attached hydrogens (primary N) is 1. The number of aromatic nitrogens is 2. The van der Waals surface area contributed by atoms with Gasteiger partial charge in [-0.3, -0.25) is 0 Å². The van der Waals surface area contributed by atoms with Crippen molar-refractivity contribution in [1.82, 2.24) is 14.9 Å². The molecule has 0 spiro atoms. The first kappa shape index (κ1) is 14.7. The molecule has 0 aliphatic rings. The molecule has 0 amide bonds. The molecule has 18 heavy (non-hydrogen) atoms. The molecule has 0 atom stereocenters. The van der Waals surface area contributed by atoms with E-state index in [1.807, 2.05) is 27.9 Å². The summed E-state index contributed by atoms with van der Waals surface area (Å²) in [5.74, 6) is 7.42. The summed E-state index contributed by atoms with van der Waals surface area (Å²) >= 11 is 0. The summed E-state index contributed by atoms with van der Waals surface area (Å²) in [6.45, 7) is 5.53. The second-order valence-electron chi connectivity index (χ2n) is 4.42. The molecule has 0 saturated heterocycles. The van der Waals surface area contributed by atoms with Crippen molar-refractivity contribution in [3.8, 4) is 5.88 Å². The van der Waals surface area contributed by atoms with E-state index in [1.165, 1.54) is 0 Å². The predicted octanol–water partition coefficient (Wildman–Crippen LogP) is 0.964. The minimum absolute atomic E-state index is 0.619. The molecule has 0 aliphatic carbocycles. The van der Waals surface area contributed by atoms with Gasteiger partial charge in [-0.1, -0.05) is 6.92 Å². The summed E-state index contributed by atoms with van der Waals surface area (Å²) < 4.78 is 5.70. The Bertz CT molecular complexity index is 381. The maximum Gasteiger partial charge on any atom is 0.221 e. The smallest absolute Gasteiger partial charge is 0.221 e. The largest absolute Gasteiger partial charge is 0.477 e. The molecule has 102 valence electrons. The molecule has 0 bridgehead atoms. The lowest BCUT2D eigenvalue weighted by Crippen LogP contribution is -2.17. The Morgan fingerprint density at radius 2 is 2.06 bits per heavy atom. The lowest BCUT2D eigenvalue weighted by Gasteiger charge is -2.13. The van der Waals surface area contributed by atoms with Crippen molar-refractivity contribution >= 4 is 5.82 Å². The first-order valence-electron chi connectivity index (χ1n) is 6.20. The van der Waals surface area contributed by atoms with Gasteiger partial charge in [-0.25, -0.2) is 10.8 Å². The van der Waals surface area contributed by atoms with E-state index in [9.17, 15) is 0 Å². The molecule has 0 saturated carbocycles. The van der Waals surface area contributed by atoms with Gasteiger partial charge in [0.15, 0.2) is 0 Å². The standard InChI is InChI=1S/C12H23N5O/c1-5-10-14-11(16-13)9(2)12(15-10)18-8-6-7-17(3)4/h5-8,13H2,1-4H3,(H,14,15,16). The highest BCUT2D eigenvalue weighted by atomic mass is 16.5. The highest BCUT2D eigenvalue weighted by Crippen LogP contribution is 2.21. The second-order valence-corrected chi connectivity index (χ2v) is 4.42. The van der Waals surface area contributed by atoms with Gasteiger partial charge < -0.3 is 15.1 Å². The average molecular weight is 253 g/mol. The fourth-order valence-corrected chi connectivity index (χ4v) is 1.53. The average Bonchev–Trinajstić information content (AvgIpc) is 2.36. The van der Waals surface area contributed by atoms with Crippen LogP contribution >= 0.6 is 0 Å². The number of hydrogen-bond acceptors (Lipinski definition) is 6. The number of nitrogens with zero attached hydrogens (tertiary/aromatic N) is 3. The SMILES string of the molecule is CCc1nc(NN)c(C)c(OCCCN(C)C)n1. The van der Waals surface area contributed by atoms with Gasteiger partial charge in [-0.2, -0.15) is 4.98 Å². The maximum absolute atomic E-state index is 5.70. The van der Waals surface area contributed by atoms with Crippen LogP contribution in [0.1, 0.15) is 24.7 Å². The molecule has 1 rings (SSSR count). The molecule has 0 radical (unpaired) electrons. The van der Waals surface area contributed by atoms with Gasteiger partial charge in [0.2, 0.25) is 5.88 Å². The van der Waals surface area contributed by atoms with E-state index in [0.717, 1.165) is 30.8 Å². The van der Waals surface area contributed by atoms with Gasteiger partial charge in [0.1, 0.15) is 11.6 Å². The number of hydrazine groups is 1. The van der Waals surface area contributed by atoms with Gasteiger partial charge in [-0.15, -0.1) is 0 Å². The molecule has 0 aliphatic heterocycles. The Morgan fingerprint density at radius 1 is 1.33 bits per heavy atom. The van der Waals surface area contributed by atoms with Crippen molar-refractivity contribution in [2.24, 2.45) is 5.84 Å². The highest BCUT2D eigenvalue weighted by Gasteiger charge is 2.10. The van der Waals surface area contributed by atoms with E-state index in [0.29, 0.717) is 18.3 Å². The molecular formula is C12H23N5O. The Kier molecular flexibility index (Phi) is 5.80. The van der Waals surface area contributed by atoms with E-state index in [-0.39, 0.29) is 0 Å². The Labute approximate surface area is 109 Å². The lowest BCUT2D eigenvalue weighted by molar-refractivity contribution is 0.270. The maximum atomic E-state index is 5.70. The third kappa shape index (κ3) is 4.12. The predicted molar refractivity (Wildman–Crippen MR) is 72.6 cm³/mol. The first-order chi connectivity index (χ1) is 8.58. The van der Waals surface area contributed by atoms with E-state index in [4.69, 9.17) is 10.6 Å². The molecule has 3 N–H and O–H groups in total. The fraction of sp³-hybridized carbons (Fsp3) is 0.667. The third-order valence-corrected chi connectivity index (χ3v) is 2.59. The van der Waals surface area contributed by atoms with Gasteiger partial charge in [0.25, 0.3) is 0 Å². The molecule has 0 aromatic carbocycles. The molecule has 1 heterocycles. The highest BCUT2D eigenvalue weighted by molar-refractivity contribution is 5.47. The van der Waals surface area contributed by atoms with Crippen LogP contribution in [0.4, 0.5) is 5.82 Å². The van der Waals surface area contributed by atoms with E-state index in [1.54, 1.807) is 0 Å². The summed E-state index contributed by atoms with van der Waals surface area (Å²) in [4.78, 5) is 10.8. The van der Waals surface area contributed by atoms with Crippen LogP contribution in [-0.2, 0) is 6.42 Å². The monoisotopic (exact) mass is 253 g/mol. The quantitative estimate of drug-likeness (QED) is 0.428. The number of ether oxygens (including phenoxy) is 1. The van der Waals surface area contributed by atoms with Crippen molar-refractivity contribution in [1.29, 1.82) is 0 Å². The second kappa shape index (κ2) is 7.13. The van der Waals surface area contributed by atoms with Gasteiger partial charge in [-0.05, 0) is 27.4 Å². The van der Waals surface area contributed by atoms with Gasteiger partial charge in [0.05, 0.1) is 12.2 Å². The third-order valence-electron chi connectivity index (χ3n) is 2.59. The molecular weight excluding hydrogens is 230 g/mol. The van der Waals surface area contributed by atoms with Crippen molar-refractivity contribution < 1.29 is 4.74 Å². The van der Waals surface area contributed by atoms with Crippen LogP contribution in [0.25, 0.3) is 0 Å². The number of nitrogens with one attached hydrogen (secondary N) is 1. The molecule has 6 nitrogen and oxygen atoms in total. The van der Waals surface area contributed by atoms with E-state index in [2.05, 4.69) is 20.3 Å². The van der Waals surface area contributed by atoms with Crippen molar-refractivity contribution in [2.45, 2.75) is 26.7 Å². The molecule has 0 fully saturated rings. The van der Waals surface area contributed by atoms with Crippen LogP contribution in [0.15, 0.2) is 0 Å². The zero-order valence-corrected chi connectivity index (χ0v) is 11.7. The number of anilines is 1. The summed E-state index contributed by atoms with van der Waals surface area (Å²) in [5.41, 5.74) is 3.43. The Balaban J connectivity index is 2.68. The Hall–Kier alpha value is -1.40. The van der Waals surface area contributed by atoms with Gasteiger partial charge in [0, 0.05) is 13.0 Å². The molecule has 1 aromatic rings. The number of aryl methyl sites for hydroxylation is 1. The lowest BCUT2D eigenvalue weighted by atomic mass is 10.3. The normalized spacial score (nSPS) is 10.8. The van der Waals surface area contributed by atoms with E-state index >= 15 is 0 Å². The van der Waals surface area contributed by atoms with Crippen LogP contribution in [0.2, 0.25) is 0 Å².